The van der Waals surface area contributed by atoms with Crippen molar-refractivity contribution in [1.82, 2.24) is 10.2 Å². The molecule has 0 aromatic heterocycles. The smallest absolute Gasteiger partial charge is 0.257 e. The van der Waals surface area contributed by atoms with E-state index in [2.05, 4.69) is 5.32 Å². The molecule has 1 saturated heterocycles. The molecule has 1 aromatic carbocycles. The van der Waals surface area contributed by atoms with Crippen LogP contribution in [0.3, 0.4) is 0 Å². The maximum Gasteiger partial charge on any atom is 0.257 e. The molecular weight excluding hydrogens is 254 g/mol. The molecule has 1 aliphatic heterocycles. The quantitative estimate of drug-likeness (QED) is 0.786. The van der Waals surface area contributed by atoms with Crippen LogP contribution in [-0.2, 0) is 0 Å². The number of nitrogens with zero attached hydrogens (tertiary/aromatic N) is 1. The van der Waals surface area contributed by atoms with Crippen molar-refractivity contribution in [2.24, 2.45) is 0 Å². The van der Waals surface area contributed by atoms with Gasteiger partial charge in [-0.25, -0.2) is 0 Å². The molecular formula is C12H16ClN3O2. The van der Waals surface area contributed by atoms with Crippen LogP contribution in [-0.4, -0.2) is 44.1 Å². The van der Waals surface area contributed by atoms with E-state index >= 15 is 0 Å². The second kappa shape index (κ2) is 5.46. The molecule has 1 heterocycles. The fourth-order valence-corrected chi connectivity index (χ4v) is 2.11. The zero-order valence-electron chi connectivity index (χ0n) is 10.2. The highest BCUT2D eigenvalue weighted by molar-refractivity contribution is 6.33. The first kappa shape index (κ1) is 13.0. The molecule has 2 rings (SSSR count). The van der Waals surface area contributed by atoms with Gasteiger partial charge < -0.3 is 20.7 Å². The van der Waals surface area contributed by atoms with Gasteiger partial charge in [0.1, 0.15) is 5.75 Å². The standard InChI is InChI=1S/C12H16ClN3O2/c1-18-11-7-10(14)9(13)6-8(11)12(17)16-4-2-15-3-5-16/h6-7,15H,2-5,14H2,1H3. The van der Waals surface area contributed by atoms with Gasteiger partial charge in [0.25, 0.3) is 5.91 Å². The second-order valence-electron chi connectivity index (χ2n) is 4.12. The molecule has 0 unspecified atom stereocenters. The van der Waals surface area contributed by atoms with Gasteiger partial charge >= 0.3 is 0 Å². The first-order valence-electron chi connectivity index (χ1n) is 5.76. The van der Waals surface area contributed by atoms with Crippen molar-refractivity contribution in [2.75, 3.05) is 39.0 Å². The minimum absolute atomic E-state index is 0.0738. The SMILES string of the molecule is COc1cc(N)c(Cl)cc1C(=O)N1CCNCC1. The third-order valence-corrected chi connectivity index (χ3v) is 3.28. The zero-order valence-corrected chi connectivity index (χ0v) is 11.0. The summed E-state index contributed by atoms with van der Waals surface area (Å²) in [6, 6.07) is 3.15. The number of hydrogen-bond acceptors (Lipinski definition) is 4. The molecule has 0 spiro atoms. The topological polar surface area (TPSA) is 67.6 Å². The van der Waals surface area contributed by atoms with E-state index in [-0.39, 0.29) is 5.91 Å². The number of amides is 1. The number of hydrogen-bond donors (Lipinski definition) is 2. The van der Waals surface area contributed by atoms with Crippen LogP contribution in [0.4, 0.5) is 5.69 Å². The van der Waals surface area contributed by atoms with Gasteiger partial charge in [-0.2, -0.15) is 0 Å². The molecule has 0 radical (unpaired) electrons. The van der Waals surface area contributed by atoms with Gasteiger partial charge in [-0.1, -0.05) is 11.6 Å². The molecule has 5 nitrogen and oxygen atoms in total. The number of halogens is 1. The normalized spacial score (nSPS) is 15.6. The summed E-state index contributed by atoms with van der Waals surface area (Å²) >= 11 is 5.96. The minimum atomic E-state index is -0.0738. The molecule has 3 N–H and O–H groups in total. The molecule has 0 saturated carbocycles. The number of anilines is 1. The van der Waals surface area contributed by atoms with Gasteiger partial charge in [-0.3, -0.25) is 4.79 Å². The molecule has 0 aliphatic carbocycles. The van der Waals surface area contributed by atoms with E-state index < -0.39 is 0 Å². The minimum Gasteiger partial charge on any atom is -0.496 e. The van der Waals surface area contributed by atoms with Crippen LogP contribution in [0, 0.1) is 0 Å². The van der Waals surface area contributed by atoms with E-state index in [0.29, 0.717) is 35.1 Å². The Kier molecular flexibility index (Phi) is 3.93. The highest BCUT2D eigenvalue weighted by atomic mass is 35.5. The lowest BCUT2D eigenvalue weighted by Crippen LogP contribution is -2.46. The average molecular weight is 270 g/mol. The van der Waals surface area contributed by atoms with Gasteiger partial charge in [0.15, 0.2) is 0 Å². The van der Waals surface area contributed by atoms with E-state index in [0.717, 1.165) is 13.1 Å². The lowest BCUT2D eigenvalue weighted by Gasteiger charge is -2.28. The van der Waals surface area contributed by atoms with Crippen molar-refractivity contribution >= 4 is 23.2 Å². The Labute approximate surface area is 111 Å². The molecule has 18 heavy (non-hydrogen) atoms. The van der Waals surface area contributed by atoms with Gasteiger partial charge in [0, 0.05) is 32.2 Å². The van der Waals surface area contributed by atoms with Crippen molar-refractivity contribution in [1.29, 1.82) is 0 Å². The molecule has 6 heteroatoms. The molecule has 1 amide bonds. The monoisotopic (exact) mass is 269 g/mol. The van der Waals surface area contributed by atoms with Crippen LogP contribution in [0.2, 0.25) is 5.02 Å². The van der Waals surface area contributed by atoms with E-state index in [1.54, 1.807) is 17.0 Å². The Hall–Kier alpha value is -1.46. The van der Waals surface area contributed by atoms with Crippen molar-refractivity contribution in [2.45, 2.75) is 0 Å². The summed E-state index contributed by atoms with van der Waals surface area (Å²) in [6.07, 6.45) is 0. The lowest BCUT2D eigenvalue weighted by atomic mass is 10.1. The Morgan fingerprint density at radius 2 is 2.11 bits per heavy atom. The lowest BCUT2D eigenvalue weighted by molar-refractivity contribution is 0.0732. The maximum atomic E-state index is 12.4. The molecule has 1 aromatic rings. The fourth-order valence-electron chi connectivity index (χ4n) is 1.94. The average Bonchev–Trinajstić information content (AvgIpc) is 2.41. The number of methoxy groups -OCH3 is 1. The van der Waals surface area contributed by atoms with Crippen LogP contribution in [0.25, 0.3) is 0 Å². The zero-order chi connectivity index (χ0) is 13.1. The van der Waals surface area contributed by atoms with Crippen molar-refractivity contribution in [3.8, 4) is 5.75 Å². The first-order chi connectivity index (χ1) is 8.63. The molecule has 1 fully saturated rings. The van der Waals surface area contributed by atoms with Gasteiger partial charge in [-0.15, -0.1) is 0 Å². The van der Waals surface area contributed by atoms with Crippen LogP contribution in [0.5, 0.6) is 5.75 Å². The van der Waals surface area contributed by atoms with Crippen molar-refractivity contribution in [3.63, 3.8) is 0 Å². The highest BCUT2D eigenvalue weighted by Gasteiger charge is 2.22. The van der Waals surface area contributed by atoms with E-state index in [9.17, 15) is 4.79 Å². The summed E-state index contributed by atoms with van der Waals surface area (Å²) in [5, 5.41) is 3.57. The van der Waals surface area contributed by atoms with Crippen LogP contribution >= 0.6 is 11.6 Å². The number of nitrogens with one attached hydrogen (secondary N) is 1. The van der Waals surface area contributed by atoms with Gasteiger partial charge in [0.05, 0.1) is 23.4 Å². The maximum absolute atomic E-state index is 12.4. The first-order valence-corrected chi connectivity index (χ1v) is 6.14. The number of carbonyl (C=O) groups is 1. The van der Waals surface area contributed by atoms with Gasteiger partial charge in [-0.05, 0) is 6.07 Å². The predicted octanol–water partition coefficient (Wildman–Crippen LogP) is 0.976. The summed E-state index contributed by atoms with van der Waals surface area (Å²) in [4.78, 5) is 14.1. The largest absolute Gasteiger partial charge is 0.496 e. The predicted molar refractivity (Wildman–Crippen MR) is 71.2 cm³/mol. The number of nitrogen functional groups attached to an aromatic ring is 1. The third-order valence-electron chi connectivity index (χ3n) is 2.95. The van der Waals surface area contributed by atoms with E-state index in [1.165, 1.54) is 7.11 Å². The molecule has 0 bridgehead atoms. The Balaban J connectivity index is 2.31. The Bertz CT molecular complexity index is 459. The number of benzene rings is 1. The Morgan fingerprint density at radius 3 is 2.72 bits per heavy atom. The molecule has 98 valence electrons. The Morgan fingerprint density at radius 1 is 1.44 bits per heavy atom. The summed E-state index contributed by atoms with van der Waals surface area (Å²) < 4.78 is 5.19. The number of ether oxygens (including phenoxy) is 1. The number of piperazine rings is 1. The van der Waals surface area contributed by atoms with Crippen LogP contribution < -0.4 is 15.8 Å². The van der Waals surface area contributed by atoms with Crippen molar-refractivity contribution in [3.05, 3.63) is 22.7 Å². The number of nitrogens with two attached hydrogens (primary N) is 1. The number of carbonyl (C=O) groups excluding carboxylic acids is 1. The summed E-state index contributed by atoms with van der Waals surface area (Å²) in [7, 11) is 1.51. The van der Waals surface area contributed by atoms with Crippen LogP contribution in [0.1, 0.15) is 10.4 Å². The van der Waals surface area contributed by atoms with Crippen LogP contribution in [0.15, 0.2) is 12.1 Å². The van der Waals surface area contributed by atoms with Gasteiger partial charge in [0.2, 0.25) is 0 Å². The van der Waals surface area contributed by atoms with E-state index in [4.69, 9.17) is 22.1 Å². The molecule has 1 aliphatic rings. The summed E-state index contributed by atoms with van der Waals surface area (Å²) in [6.45, 7) is 2.97. The third kappa shape index (κ3) is 2.52. The molecule has 0 atom stereocenters. The number of rotatable bonds is 2. The second-order valence-corrected chi connectivity index (χ2v) is 4.52. The fraction of sp³-hybridized carbons (Fsp3) is 0.417. The highest BCUT2D eigenvalue weighted by Crippen LogP contribution is 2.29. The summed E-state index contributed by atoms with van der Waals surface area (Å²) in [5.74, 6) is 0.385. The van der Waals surface area contributed by atoms with E-state index in [1.807, 2.05) is 0 Å². The summed E-state index contributed by atoms with van der Waals surface area (Å²) in [5.41, 5.74) is 6.56. The van der Waals surface area contributed by atoms with Crippen molar-refractivity contribution < 1.29 is 9.53 Å².